The average Bonchev–Trinajstić information content (AvgIpc) is 3.86. The van der Waals surface area contributed by atoms with E-state index in [4.69, 9.17) is 8.85 Å². The molecule has 6 aliphatic carbocycles. The maximum absolute atomic E-state index is 12.5. The molecule has 0 radical (unpaired) electrons. The summed E-state index contributed by atoms with van der Waals surface area (Å²) in [5, 5.41) is 54.1. The second kappa shape index (κ2) is 25.8. The molecule has 0 aromatic rings. The first kappa shape index (κ1) is 67.9. The first-order valence-corrected chi connectivity index (χ1v) is 38.2. The molecule has 0 aromatic heterocycles. The molecular formula is C69H126O7Si2. The van der Waals surface area contributed by atoms with E-state index >= 15 is 0 Å². The van der Waals surface area contributed by atoms with E-state index in [9.17, 15) is 25.5 Å². The Morgan fingerprint density at radius 2 is 0.936 bits per heavy atom. The molecule has 78 heavy (non-hydrogen) atoms. The molecule has 0 aromatic carbocycles. The largest absolute Gasteiger partial charge is 0.411 e. The molecular weight excluding hydrogens is 997 g/mol. The van der Waals surface area contributed by atoms with Gasteiger partial charge in [0.1, 0.15) is 11.2 Å². The van der Waals surface area contributed by atoms with Gasteiger partial charge in [-0.05, 0) is 217 Å². The molecule has 12 atom stereocenters. The molecule has 452 valence electrons. The van der Waals surface area contributed by atoms with Crippen LogP contribution in [0.25, 0.3) is 0 Å². The molecule has 0 saturated heterocycles. The van der Waals surface area contributed by atoms with Gasteiger partial charge in [-0.2, -0.15) is 0 Å². The van der Waals surface area contributed by atoms with Crippen LogP contribution >= 0.6 is 0 Å². The summed E-state index contributed by atoms with van der Waals surface area (Å²) >= 11 is 0. The summed E-state index contributed by atoms with van der Waals surface area (Å²) in [5.74, 6) is 4.40. The highest BCUT2D eigenvalue weighted by atomic mass is 28.4. The Labute approximate surface area is 483 Å². The van der Waals surface area contributed by atoms with Gasteiger partial charge in [0.25, 0.3) is 0 Å². The number of hydrogen-bond donors (Lipinski definition) is 5. The molecule has 6 fully saturated rings. The zero-order valence-corrected chi connectivity index (χ0v) is 56.7. The van der Waals surface area contributed by atoms with Crippen molar-refractivity contribution in [3.05, 3.63) is 46.6 Å². The monoisotopic (exact) mass is 1120 g/mol. The number of aliphatic hydroxyl groups excluding tert-OH is 2. The smallest absolute Gasteiger partial charge is 0.192 e. The third-order valence-corrected chi connectivity index (χ3v) is 32.2. The van der Waals surface area contributed by atoms with Crippen molar-refractivity contribution in [2.75, 3.05) is 0 Å². The lowest BCUT2D eigenvalue weighted by atomic mass is 9.60. The van der Waals surface area contributed by atoms with E-state index in [1.807, 2.05) is 20.8 Å². The summed E-state index contributed by atoms with van der Waals surface area (Å²) < 4.78 is 14.3. The van der Waals surface area contributed by atoms with E-state index in [-0.39, 0.29) is 22.3 Å². The lowest BCUT2D eigenvalue weighted by molar-refractivity contribution is -0.158. The predicted molar refractivity (Wildman–Crippen MR) is 336 cm³/mol. The third kappa shape index (κ3) is 15.9. The molecule has 9 heteroatoms. The van der Waals surface area contributed by atoms with Crippen LogP contribution in [0.5, 0.6) is 0 Å². The van der Waals surface area contributed by atoms with Crippen LogP contribution in [0.2, 0.25) is 36.3 Å². The normalized spacial score (nSPS) is 36.2. The van der Waals surface area contributed by atoms with E-state index in [1.165, 1.54) is 94.6 Å². The summed E-state index contributed by atoms with van der Waals surface area (Å²) in [4.78, 5) is 0. The maximum atomic E-state index is 12.5. The van der Waals surface area contributed by atoms with Crippen LogP contribution in [-0.2, 0) is 8.85 Å². The van der Waals surface area contributed by atoms with Gasteiger partial charge in [0.05, 0.1) is 30.0 Å². The zero-order valence-electron chi connectivity index (χ0n) is 54.7. The van der Waals surface area contributed by atoms with Crippen molar-refractivity contribution >= 4 is 16.6 Å². The second-order valence-electron chi connectivity index (χ2n) is 32.7. The average molecular weight is 1120 g/mol. The number of rotatable bonds is 17. The number of allylic oxidation sites excluding steroid dienone is 6. The Morgan fingerprint density at radius 3 is 1.28 bits per heavy atom. The van der Waals surface area contributed by atoms with Crippen LogP contribution in [0.3, 0.4) is 0 Å². The van der Waals surface area contributed by atoms with Crippen molar-refractivity contribution in [2.24, 2.45) is 51.8 Å². The minimum absolute atomic E-state index is 0.0796. The minimum Gasteiger partial charge on any atom is -0.411 e. The fourth-order valence-electron chi connectivity index (χ4n) is 15.9. The van der Waals surface area contributed by atoms with Gasteiger partial charge in [-0.15, -0.1) is 0 Å². The predicted octanol–water partition coefficient (Wildman–Crippen LogP) is 17.9. The highest BCUT2D eigenvalue weighted by Gasteiger charge is 2.56. The van der Waals surface area contributed by atoms with Crippen LogP contribution < -0.4 is 0 Å². The Kier molecular flexibility index (Phi) is 22.4. The van der Waals surface area contributed by atoms with Crippen molar-refractivity contribution in [3.63, 3.8) is 0 Å². The molecule has 0 amide bonds. The van der Waals surface area contributed by atoms with Crippen LogP contribution in [-0.4, -0.2) is 83.4 Å². The molecule has 0 heterocycles. The maximum Gasteiger partial charge on any atom is 0.192 e. The highest BCUT2D eigenvalue weighted by Crippen LogP contribution is 2.62. The van der Waals surface area contributed by atoms with Gasteiger partial charge in [-0.1, -0.05) is 176 Å². The quantitative estimate of drug-likeness (QED) is 0.0921. The van der Waals surface area contributed by atoms with Gasteiger partial charge in [-0.25, -0.2) is 0 Å². The van der Waals surface area contributed by atoms with Crippen molar-refractivity contribution < 1.29 is 34.4 Å². The van der Waals surface area contributed by atoms with E-state index in [0.717, 1.165) is 55.4 Å². The van der Waals surface area contributed by atoms with Gasteiger partial charge in [0.2, 0.25) is 0 Å². The first-order chi connectivity index (χ1) is 35.7. The topological polar surface area (TPSA) is 120 Å². The standard InChI is InChI=1S/C41H78O3Si2.C28H48O4/c1-17-41(42)35(43-45(13,14)38(6,7)8)28-31(29-36(41)44-46(15,16)39(9,10)11)22-23-32-21-19-27-40(12)33(24-25-34(32)40)30(2)20-18-26-37(3,4)5;1-6-28(32)24(29)17-20(18-25(28)30)11-12-21-10-8-16-27(5)22(13-14-23(21)27)19(2)9-7-15-26(3,4)31/h22-23,30,33-36,42H,17-21,24-29H2,1-16H3;11-12,19,22-25,29-32H,6-10,13-18H2,1-5H3/b31-22?,32-23+;20-11?,21-12+/t30-,33?,34?,35+,36+,40?,41?;19-,22?,23?,24+,25+,27?,28?/m00/s1. The fraction of sp³-hybridized carbons (Fsp3) is 0.884. The van der Waals surface area contributed by atoms with Crippen LogP contribution in [0, 0.1) is 51.8 Å². The van der Waals surface area contributed by atoms with Gasteiger partial charge in [-0.3, -0.25) is 0 Å². The van der Waals surface area contributed by atoms with Gasteiger partial charge in [0, 0.05) is 0 Å². The van der Waals surface area contributed by atoms with Crippen molar-refractivity contribution in [2.45, 2.75) is 336 Å². The van der Waals surface area contributed by atoms with Crippen molar-refractivity contribution in [1.82, 2.24) is 0 Å². The van der Waals surface area contributed by atoms with E-state index in [0.29, 0.717) is 59.7 Å². The molecule has 5 N–H and O–H groups in total. The van der Waals surface area contributed by atoms with Gasteiger partial charge in [0.15, 0.2) is 16.6 Å². The summed E-state index contributed by atoms with van der Waals surface area (Å²) in [6.07, 6.45) is 30.7. The minimum atomic E-state index is -2.12. The summed E-state index contributed by atoms with van der Waals surface area (Å²) in [6.45, 7) is 48.2. The number of aliphatic hydroxyl groups is 5. The van der Waals surface area contributed by atoms with Gasteiger partial charge < -0.3 is 34.4 Å². The zero-order chi connectivity index (χ0) is 58.9. The summed E-state index contributed by atoms with van der Waals surface area (Å²) in [7, 11) is -4.24. The van der Waals surface area contributed by atoms with Crippen LogP contribution in [0.15, 0.2) is 46.6 Å². The van der Waals surface area contributed by atoms with Crippen LogP contribution in [0.4, 0.5) is 0 Å². The molecule has 6 rings (SSSR count). The first-order valence-electron chi connectivity index (χ1n) is 32.3. The van der Waals surface area contributed by atoms with E-state index in [2.05, 4.69) is 147 Å². The molecule has 6 aliphatic rings. The second-order valence-corrected chi connectivity index (χ2v) is 42.2. The molecule has 6 saturated carbocycles. The molecule has 6 unspecified atom stereocenters. The molecule has 0 bridgehead atoms. The van der Waals surface area contributed by atoms with E-state index in [1.54, 1.807) is 5.57 Å². The summed E-state index contributed by atoms with van der Waals surface area (Å²) in [6, 6.07) is 0. The Balaban J connectivity index is 0.000000306. The Morgan fingerprint density at radius 1 is 0.564 bits per heavy atom. The van der Waals surface area contributed by atoms with Crippen LogP contribution in [0.1, 0.15) is 259 Å². The number of fused-ring (bicyclic) bond motifs is 2. The molecule has 0 aliphatic heterocycles. The van der Waals surface area contributed by atoms with E-state index < -0.39 is 45.6 Å². The highest BCUT2D eigenvalue weighted by molar-refractivity contribution is 6.74. The Hall–Kier alpha value is -0.886. The third-order valence-electron chi connectivity index (χ3n) is 23.2. The van der Waals surface area contributed by atoms with Gasteiger partial charge >= 0.3 is 0 Å². The molecule has 0 spiro atoms. The lowest BCUT2D eigenvalue weighted by Crippen LogP contribution is -2.63. The Bertz CT molecular complexity index is 2020. The molecule has 7 nitrogen and oxygen atoms in total. The van der Waals surface area contributed by atoms with Crippen molar-refractivity contribution in [1.29, 1.82) is 0 Å². The fourth-order valence-corrected chi connectivity index (χ4v) is 18.6. The number of hydrogen-bond acceptors (Lipinski definition) is 7. The lowest BCUT2D eigenvalue weighted by Gasteiger charge is -2.52. The van der Waals surface area contributed by atoms with Crippen molar-refractivity contribution in [3.8, 4) is 0 Å². The summed E-state index contributed by atoms with van der Waals surface area (Å²) in [5.41, 5.74) is 3.95. The SMILES string of the molecule is CCC1(O)[C@H](O)CC(=C/C=C2\CCCC3(C)C2CCC3[C@@H](C)CCCC(C)(C)O)C[C@H]1O.CCC1(O)[C@H](O[Si](C)(C)C(C)(C)C)CC(=C/C=C2\CCCC3(C)C2CCC3[C@@H](C)CCCC(C)(C)C)C[C@H]1O[Si](C)(C)C(C)(C)C.